The first kappa shape index (κ1) is 19.2. The van der Waals surface area contributed by atoms with Gasteiger partial charge in [-0.15, -0.1) is 11.3 Å². The first-order valence-electron chi connectivity index (χ1n) is 8.66. The lowest BCUT2D eigenvalue weighted by Crippen LogP contribution is -2.55. The number of rotatable bonds is 4. The van der Waals surface area contributed by atoms with Crippen molar-refractivity contribution in [2.24, 2.45) is 11.7 Å². The maximum atomic E-state index is 12.3. The van der Waals surface area contributed by atoms with Crippen molar-refractivity contribution >= 4 is 29.2 Å². The number of hydrogen-bond donors (Lipinski definition) is 4. The molecule has 0 saturated heterocycles. The number of amides is 4. The van der Waals surface area contributed by atoms with Gasteiger partial charge in [-0.25, -0.2) is 4.79 Å². The fourth-order valence-corrected chi connectivity index (χ4v) is 4.05. The topological polar surface area (TPSA) is 113 Å². The molecule has 1 aliphatic rings. The predicted molar refractivity (Wildman–Crippen MR) is 97.1 cm³/mol. The van der Waals surface area contributed by atoms with E-state index in [0.29, 0.717) is 4.88 Å². The number of nitrogens with two attached hydrogens (primary N) is 1. The third kappa shape index (κ3) is 5.45. The third-order valence-electron chi connectivity index (χ3n) is 4.27. The minimum Gasteiger partial charge on any atom is -0.352 e. The fraction of sp³-hybridized carbons (Fsp3) is 0.588. The molecule has 25 heavy (non-hydrogen) atoms. The van der Waals surface area contributed by atoms with Gasteiger partial charge >= 0.3 is 6.03 Å². The number of thiophene rings is 1. The molecule has 0 fully saturated rings. The number of urea groups is 1. The lowest BCUT2D eigenvalue weighted by atomic mass is 10.00. The average Bonchev–Trinajstić information content (AvgIpc) is 2.91. The third-order valence-corrected chi connectivity index (χ3v) is 5.50. The number of nitrogens with one attached hydrogen (secondary N) is 3. The van der Waals surface area contributed by atoms with Crippen molar-refractivity contribution in [3.05, 3.63) is 21.4 Å². The van der Waals surface area contributed by atoms with Crippen molar-refractivity contribution in [3.8, 4) is 0 Å². The second-order valence-corrected chi connectivity index (χ2v) is 7.78. The van der Waals surface area contributed by atoms with Gasteiger partial charge in [-0.05, 0) is 43.2 Å². The minimum absolute atomic E-state index is 0.161. The molecule has 2 rings (SSSR count). The van der Waals surface area contributed by atoms with E-state index in [0.717, 1.165) is 25.7 Å². The zero-order chi connectivity index (χ0) is 18.4. The van der Waals surface area contributed by atoms with Crippen LogP contribution in [0.4, 0.5) is 4.79 Å². The Labute approximate surface area is 151 Å². The zero-order valence-electron chi connectivity index (χ0n) is 14.7. The highest BCUT2D eigenvalue weighted by atomic mass is 32.1. The second kappa shape index (κ2) is 8.84. The van der Waals surface area contributed by atoms with Crippen LogP contribution in [0.1, 0.15) is 59.6 Å². The number of fused-ring (bicyclic) bond motifs is 1. The van der Waals surface area contributed by atoms with Gasteiger partial charge in [0.25, 0.3) is 11.8 Å². The summed E-state index contributed by atoms with van der Waals surface area (Å²) < 4.78 is 0. The molecule has 0 saturated carbocycles. The summed E-state index contributed by atoms with van der Waals surface area (Å²) in [7, 11) is 0. The van der Waals surface area contributed by atoms with Gasteiger partial charge in [-0.2, -0.15) is 0 Å². The van der Waals surface area contributed by atoms with Crippen LogP contribution in [-0.4, -0.2) is 23.9 Å². The van der Waals surface area contributed by atoms with E-state index in [4.69, 9.17) is 5.73 Å². The molecule has 1 aliphatic carbocycles. The molecular formula is C17H26N4O3S. The molecule has 0 aliphatic heterocycles. The largest absolute Gasteiger partial charge is 0.352 e. The summed E-state index contributed by atoms with van der Waals surface area (Å²) >= 11 is 1.49. The predicted octanol–water partition coefficient (Wildman–Crippen LogP) is 1.86. The van der Waals surface area contributed by atoms with Crippen LogP contribution in [0.25, 0.3) is 0 Å². The summed E-state index contributed by atoms with van der Waals surface area (Å²) in [5.41, 5.74) is 11.1. The van der Waals surface area contributed by atoms with Gasteiger partial charge in [0.05, 0.1) is 4.88 Å². The van der Waals surface area contributed by atoms with E-state index in [1.807, 2.05) is 6.07 Å². The fourth-order valence-electron chi connectivity index (χ4n) is 2.90. The molecule has 138 valence electrons. The van der Waals surface area contributed by atoms with Crippen molar-refractivity contribution in [1.82, 2.24) is 16.2 Å². The van der Waals surface area contributed by atoms with Crippen LogP contribution >= 0.6 is 11.3 Å². The second-order valence-electron chi connectivity index (χ2n) is 6.65. The van der Waals surface area contributed by atoms with Gasteiger partial charge in [-0.1, -0.05) is 26.7 Å². The average molecular weight is 366 g/mol. The molecule has 4 amide bonds. The zero-order valence-corrected chi connectivity index (χ0v) is 15.5. The lowest BCUT2D eigenvalue weighted by Gasteiger charge is -2.20. The summed E-state index contributed by atoms with van der Waals surface area (Å²) in [5, 5.41) is 2.37. The lowest BCUT2D eigenvalue weighted by molar-refractivity contribution is -0.124. The van der Waals surface area contributed by atoms with E-state index in [1.165, 1.54) is 34.6 Å². The van der Waals surface area contributed by atoms with E-state index in [2.05, 4.69) is 16.2 Å². The van der Waals surface area contributed by atoms with Crippen LogP contribution in [-0.2, 0) is 17.6 Å². The number of hydrazine groups is 1. The Hall–Kier alpha value is -2.09. The van der Waals surface area contributed by atoms with Crippen LogP contribution in [0.15, 0.2) is 6.07 Å². The molecule has 0 radical (unpaired) electrons. The number of primary amides is 1. The molecule has 0 bridgehead atoms. The molecule has 1 aromatic heterocycles. The summed E-state index contributed by atoms with van der Waals surface area (Å²) in [4.78, 5) is 37.3. The Morgan fingerprint density at radius 1 is 1.08 bits per heavy atom. The highest BCUT2D eigenvalue weighted by molar-refractivity contribution is 7.14. The Morgan fingerprint density at radius 2 is 1.76 bits per heavy atom. The number of hydrogen-bond acceptors (Lipinski definition) is 4. The van der Waals surface area contributed by atoms with Gasteiger partial charge in [0.1, 0.15) is 6.04 Å². The van der Waals surface area contributed by atoms with Crippen molar-refractivity contribution in [2.45, 2.75) is 58.4 Å². The molecule has 8 heteroatoms. The van der Waals surface area contributed by atoms with Gasteiger partial charge in [0.15, 0.2) is 0 Å². The van der Waals surface area contributed by atoms with Gasteiger partial charge in [0, 0.05) is 4.88 Å². The SMILES string of the molecule is CC(C)[C@@H](NC(N)=O)C(=O)NNC(=O)c1cc2c(s1)CCCCCC2. The van der Waals surface area contributed by atoms with E-state index in [9.17, 15) is 14.4 Å². The Morgan fingerprint density at radius 3 is 2.40 bits per heavy atom. The molecular weight excluding hydrogens is 340 g/mol. The molecule has 5 N–H and O–H groups in total. The summed E-state index contributed by atoms with van der Waals surface area (Å²) in [5.74, 6) is -1.00. The van der Waals surface area contributed by atoms with E-state index in [1.54, 1.807) is 13.8 Å². The number of carbonyl (C=O) groups is 3. The first-order valence-corrected chi connectivity index (χ1v) is 9.48. The summed E-state index contributed by atoms with van der Waals surface area (Å²) in [6.45, 7) is 3.56. The molecule has 0 aromatic carbocycles. The van der Waals surface area contributed by atoms with Gasteiger partial charge < -0.3 is 11.1 Å². The van der Waals surface area contributed by atoms with Crippen molar-refractivity contribution < 1.29 is 14.4 Å². The maximum absolute atomic E-state index is 12.3. The summed E-state index contributed by atoms with van der Waals surface area (Å²) in [6.07, 6.45) is 6.78. The smallest absolute Gasteiger partial charge is 0.312 e. The Kier molecular flexibility index (Phi) is 6.81. The van der Waals surface area contributed by atoms with Gasteiger partial charge in [0.2, 0.25) is 0 Å². The molecule has 1 aromatic rings. The highest BCUT2D eigenvalue weighted by Crippen LogP contribution is 2.28. The van der Waals surface area contributed by atoms with Crippen LogP contribution in [0.5, 0.6) is 0 Å². The summed E-state index contributed by atoms with van der Waals surface area (Å²) in [6, 6.07) is 0.341. The standard InChI is InChI=1S/C17H26N4O3S/c1-10(2)14(19-17(18)24)16(23)21-20-15(22)13-9-11-7-5-3-4-6-8-12(11)25-13/h9-10,14H,3-8H2,1-2H3,(H,20,22)(H,21,23)(H3,18,19,24)/t14-/m1/s1. The molecule has 7 nitrogen and oxygen atoms in total. The molecule has 0 spiro atoms. The minimum atomic E-state index is -0.804. The van der Waals surface area contributed by atoms with Crippen LogP contribution in [0.3, 0.4) is 0 Å². The van der Waals surface area contributed by atoms with Crippen LogP contribution < -0.4 is 21.9 Å². The van der Waals surface area contributed by atoms with Crippen LogP contribution in [0, 0.1) is 5.92 Å². The Bertz CT molecular complexity index is 616. The van der Waals surface area contributed by atoms with E-state index < -0.39 is 18.0 Å². The van der Waals surface area contributed by atoms with Crippen molar-refractivity contribution in [2.75, 3.05) is 0 Å². The highest BCUT2D eigenvalue weighted by Gasteiger charge is 2.24. The monoisotopic (exact) mass is 366 g/mol. The van der Waals surface area contributed by atoms with Crippen LogP contribution in [0.2, 0.25) is 0 Å². The molecule has 1 heterocycles. The normalized spacial score (nSPS) is 15.5. The van der Waals surface area contributed by atoms with E-state index in [-0.39, 0.29) is 11.8 Å². The van der Waals surface area contributed by atoms with E-state index >= 15 is 0 Å². The van der Waals surface area contributed by atoms with Gasteiger partial charge in [-0.3, -0.25) is 20.4 Å². The Balaban J connectivity index is 1.96. The molecule has 0 unspecified atom stereocenters. The van der Waals surface area contributed by atoms with Crippen molar-refractivity contribution in [3.63, 3.8) is 0 Å². The molecule has 1 atom stereocenters. The number of aryl methyl sites for hydroxylation is 2. The quantitative estimate of drug-likeness (QED) is 0.610. The maximum Gasteiger partial charge on any atom is 0.312 e. The number of carbonyl (C=O) groups excluding carboxylic acids is 3. The van der Waals surface area contributed by atoms with Crippen molar-refractivity contribution in [1.29, 1.82) is 0 Å². The first-order chi connectivity index (χ1) is 11.9.